The number of carbonyl (C=O) groups is 1. The molecule has 0 fully saturated rings. The molecule has 2 heterocycles. The van der Waals surface area contributed by atoms with Crippen molar-refractivity contribution in [1.82, 2.24) is 15.2 Å². The smallest absolute Gasteiger partial charge is 0.426 e. The molecule has 3 aromatic rings. The molecule has 0 aliphatic heterocycles. The van der Waals surface area contributed by atoms with Crippen LogP contribution in [0.1, 0.15) is 36.3 Å². The highest BCUT2D eigenvalue weighted by molar-refractivity contribution is 7.91. The lowest BCUT2D eigenvalue weighted by Crippen LogP contribution is -2.45. The summed E-state index contributed by atoms with van der Waals surface area (Å²) in [6.07, 6.45) is -11.5. The average Bonchev–Trinajstić information content (AvgIpc) is 3.41. The summed E-state index contributed by atoms with van der Waals surface area (Å²) in [5, 5.41) is 16.2. The van der Waals surface area contributed by atoms with Crippen molar-refractivity contribution in [1.29, 1.82) is 0 Å². The van der Waals surface area contributed by atoms with Gasteiger partial charge in [0.1, 0.15) is 0 Å². The molecule has 17 heteroatoms. The van der Waals surface area contributed by atoms with Gasteiger partial charge in [-0.05, 0) is 30.9 Å². The minimum atomic E-state index is -5.33. The Kier molecular flexibility index (Phi) is 10.0. The van der Waals surface area contributed by atoms with Crippen LogP contribution in [0.2, 0.25) is 0 Å². The van der Waals surface area contributed by atoms with Crippen LogP contribution in [0.5, 0.6) is 0 Å². The second kappa shape index (κ2) is 12.9. The maximum Gasteiger partial charge on any atom is 0.426 e. The third kappa shape index (κ3) is 7.59. The highest BCUT2D eigenvalue weighted by Crippen LogP contribution is 2.47. The summed E-state index contributed by atoms with van der Waals surface area (Å²) < 4.78 is 122. The van der Waals surface area contributed by atoms with E-state index in [4.69, 9.17) is 9.15 Å². The summed E-state index contributed by atoms with van der Waals surface area (Å²) >= 11 is 0. The van der Waals surface area contributed by atoms with Crippen LogP contribution in [0.25, 0.3) is 11.6 Å². The Morgan fingerprint density at radius 1 is 1.05 bits per heavy atom. The number of allylic oxidation sites excluding steroid dienone is 2. The van der Waals surface area contributed by atoms with Crippen LogP contribution in [0.15, 0.2) is 71.2 Å². The molecule has 0 aliphatic carbocycles. The molecule has 0 radical (unpaired) electrons. The third-order valence-corrected chi connectivity index (χ3v) is 7.55. The number of pyridine rings is 1. The second-order valence-corrected chi connectivity index (χ2v) is 10.9. The van der Waals surface area contributed by atoms with Gasteiger partial charge in [-0.2, -0.15) is 26.3 Å². The highest BCUT2D eigenvalue weighted by Gasteiger charge is 2.61. The SMILES string of the molecule is C=CCCC(OCc1ccccc1)(c1nnc(-c2nc(S(=O)(=O)CCC=C)c(C(F)(F)F)cc2NC(=O)O)o1)C(F)(F)F. The van der Waals surface area contributed by atoms with E-state index in [0.29, 0.717) is 5.56 Å². The highest BCUT2D eigenvalue weighted by atomic mass is 32.2. The average molecular weight is 635 g/mol. The number of amides is 1. The Morgan fingerprint density at radius 3 is 2.26 bits per heavy atom. The molecule has 0 saturated heterocycles. The van der Waals surface area contributed by atoms with E-state index in [1.807, 2.05) is 0 Å². The van der Waals surface area contributed by atoms with E-state index in [-0.39, 0.29) is 18.9 Å². The maximum absolute atomic E-state index is 14.7. The summed E-state index contributed by atoms with van der Waals surface area (Å²) in [7, 11) is -4.79. The topological polar surface area (TPSA) is 145 Å². The predicted molar refractivity (Wildman–Crippen MR) is 139 cm³/mol. The largest absolute Gasteiger partial charge is 0.465 e. The Hall–Kier alpha value is -4.25. The Labute approximate surface area is 241 Å². The summed E-state index contributed by atoms with van der Waals surface area (Å²) in [6, 6.07) is 7.89. The van der Waals surface area contributed by atoms with Crippen LogP contribution in [-0.4, -0.2) is 46.7 Å². The first-order chi connectivity index (χ1) is 20.1. The Balaban J connectivity index is 2.26. The minimum Gasteiger partial charge on any atom is -0.465 e. The molecule has 1 atom stereocenters. The summed E-state index contributed by atoms with van der Waals surface area (Å²) in [4.78, 5) is 14.9. The third-order valence-electron chi connectivity index (χ3n) is 5.88. The van der Waals surface area contributed by atoms with Crippen molar-refractivity contribution < 1.29 is 53.8 Å². The number of nitrogens with one attached hydrogen (secondary N) is 1. The fourth-order valence-electron chi connectivity index (χ4n) is 3.80. The molecule has 0 bridgehead atoms. The normalized spacial score (nSPS) is 13.7. The van der Waals surface area contributed by atoms with E-state index >= 15 is 0 Å². The van der Waals surface area contributed by atoms with Crippen molar-refractivity contribution in [3.8, 4) is 11.6 Å². The van der Waals surface area contributed by atoms with Crippen LogP contribution in [0.4, 0.5) is 36.8 Å². The van der Waals surface area contributed by atoms with Gasteiger partial charge < -0.3 is 14.3 Å². The van der Waals surface area contributed by atoms with E-state index in [1.54, 1.807) is 23.5 Å². The van der Waals surface area contributed by atoms with Gasteiger partial charge >= 0.3 is 18.4 Å². The van der Waals surface area contributed by atoms with E-state index in [1.165, 1.54) is 18.2 Å². The first-order valence-electron chi connectivity index (χ1n) is 12.2. The van der Waals surface area contributed by atoms with Gasteiger partial charge in [-0.3, -0.25) is 5.32 Å². The van der Waals surface area contributed by atoms with Crippen molar-refractivity contribution in [2.75, 3.05) is 11.1 Å². The van der Waals surface area contributed by atoms with Crippen molar-refractivity contribution in [2.24, 2.45) is 0 Å². The second-order valence-electron chi connectivity index (χ2n) is 8.90. The molecule has 1 aromatic carbocycles. The number of hydrogen-bond donors (Lipinski definition) is 2. The molecule has 0 aliphatic rings. The molecular formula is C26H24F6N4O6S. The van der Waals surface area contributed by atoms with Crippen molar-refractivity contribution in [3.05, 3.63) is 78.7 Å². The Bertz CT molecular complexity index is 1570. The van der Waals surface area contributed by atoms with E-state index in [2.05, 4.69) is 28.3 Å². The quantitative estimate of drug-likeness (QED) is 0.158. The number of anilines is 1. The number of nitrogens with zero attached hydrogens (tertiary/aromatic N) is 3. The van der Waals surface area contributed by atoms with Crippen LogP contribution >= 0.6 is 0 Å². The van der Waals surface area contributed by atoms with Crippen LogP contribution < -0.4 is 5.32 Å². The van der Waals surface area contributed by atoms with Gasteiger partial charge in [-0.25, -0.2) is 18.2 Å². The number of benzene rings is 1. The van der Waals surface area contributed by atoms with Crippen LogP contribution in [0, 0.1) is 0 Å². The van der Waals surface area contributed by atoms with E-state index < -0.39 is 86.4 Å². The molecule has 0 spiro atoms. The number of carboxylic acid groups (broad SMARTS) is 1. The zero-order chi connectivity index (χ0) is 32.1. The Morgan fingerprint density at radius 2 is 1.70 bits per heavy atom. The minimum absolute atomic E-state index is 0.127. The van der Waals surface area contributed by atoms with Gasteiger partial charge in [0.15, 0.2) is 20.6 Å². The zero-order valence-electron chi connectivity index (χ0n) is 22.1. The number of rotatable bonds is 13. The van der Waals surface area contributed by atoms with Crippen LogP contribution in [-0.2, 0) is 33.0 Å². The van der Waals surface area contributed by atoms with E-state index in [9.17, 15) is 44.7 Å². The first kappa shape index (κ1) is 33.3. The first-order valence-corrected chi connectivity index (χ1v) is 13.9. The number of halogens is 6. The maximum atomic E-state index is 14.7. The van der Waals surface area contributed by atoms with Gasteiger partial charge in [0.05, 0.1) is 23.6 Å². The number of alkyl halides is 6. The van der Waals surface area contributed by atoms with Crippen molar-refractivity contribution in [3.63, 3.8) is 0 Å². The molecule has 1 unspecified atom stereocenters. The standard InChI is InChI=1S/C26H24F6N4O6S/c1-3-5-12-24(26(30,31)32,41-15-16-10-8-7-9-11-16)22-36-35-20(42-22)19-18(33-23(37)38)14-17(25(27,28)29)21(34-19)43(39,40)13-6-4-2/h3-4,7-11,14,33H,1-2,5-6,12-13,15H2,(H,37,38). The van der Waals surface area contributed by atoms with Gasteiger partial charge in [-0.1, -0.05) is 42.5 Å². The lowest BCUT2D eigenvalue weighted by molar-refractivity contribution is -0.299. The molecule has 2 N–H and O–H groups in total. The lowest BCUT2D eigenvalue weighted by atomic mass is 9.96. The van der Waals surface area contributed by atoms with Crippen molar-refractivity contribution >= 4 is 21.6 Å². The monoisotopic (exact) mass is 634 g/mol. The number of aromatic nitrogens is 3. The molecule has 1 amide bonds. The summed E-state index contributed by atoms with van der Waals surface area (Å²) in [6.45, 7) is 6.15. The van der Waals surface area contributed by atoms with Gasteiger partial charge in [-0.15, -0.1) is 23.4 Å². The summed E-state index contributed by atoms with van der Waals surface area (Å²) in [5.74, 6) is -3.06. The van der Waals surface area contributed by atoms with Gasteiger partial charge in [0.2, 0.25) is 5.60 Å². The predicted octanol–water partition coefficient (Wildman–Crippen LogP) is 6.53. The molecule has 43 heavy (non-hydrogen) atoms. The van der Waals surface area contributed by atoms with Gasteiger partial charge in [0, 0.05) is 0 Å². The zero-order valence-corrected chi connectivity index (χ0v) is 22.9. The molecule has 10 nitrogen and oxygen atoms in total. The molecule has 3 rings (SSSR count). The number of hydrogen-bond acceptors (Lipinski definition) is 8. The fourth-order valence-corrected chi connectivity index (χ4v) is 5.21. The molecule has 0 saturated carbocycles. The molecule has 2 aromatic heterocycles. The van der Waals surface area contributed by atoms with Crippen LogP contribution in [0.3, 0.4) is 0 Å². The van der Waals surface area contributed by atoms with E-state index in [0.717, 1.165) is 6.08 Å². The lowest BCUT2D eigenvalue weighted by Gasteiger charge is -2.32. The summed E-state index contributed by atoms with van der Waals surface area (Å²) in [5.41, 5.74) is -6.68. The van der Waals surface area contributed by atoms with Gasteiger partial charge in [0.25, 0.3) is 11.8 Å². The number of ether oxygens (including phenoxy) is 1. The number of sulfone groups is 1. The fraction of sp³-hybridized carbons (Fsp3) is 0.308. The molecule has 232 valence electrons. The molecular weight excluding hydrogens is 610 g/mol. The van der Waals surface area contributed by atoms with Crippen molar-refractivity contribution in [2.45, 2.75) is 48.8 Å².